The van der Waals surface area contributed by atoms with E-state index in [0.717, 1.165) is 0 Å². The Kier molecular flexibility index (Phi) is 4.86. The molecule has 0 aliphatic heterocycles. The van der Waals surface area contributed by atoms with Crippen LogP contribution in [0.1, 0.15) is 24.2 Å². The van der Waals surface area contributed by atoms with Gasteiger partial charge in [0.1, 0.15) is 5.82 Å². The molecule has 1 rings (SSSR count). The van der Waals surface area contributed by atoms with Crippen molar-refractivity contribution in [2.24, 2.45) is 0 Å². The van der Waals surface area contributed by atoms with Gasteiger partial charge in [0, 0.05) is 13.1 Å². The molecule has 0 spiro atoms. The first-order chi connectivity index (χ1) is 8.82. The number of hydrogen-bond acceptors (Lipinski definition) is 3. The summed E-state index contributed by atoms with van der Waals surface area (Å²) in [6, 6.07) is 3.76. The number of carboxylic acid groups (broad SMARTS) is 1. The second-order valence-corrected chi connectivity index (χ2v) is 4.52. The van der Waals surface area contributed by atoms with Crippen molar-refractivity contribution < 1.29 is 19.1 Å². The summed E-state index contributed by atoms with van der Waals surface area (Å²) in [5.74, 6) is -2.19. The van der Waals surface area contributed by atoms with Crippen LogP contribution in [0.4, 0.5) is 10.1 Å². The summed E-state index contributed by atoms with van der Waals surface area (Å²) < 4.78 is 13.7. The van der Waals surface area contributed by atoms with E-state index in [4.69, 9.17) is 5.11 Å². The van der Waals surface area contributed by atoms with Crippen LogP contribution in [0.25, 0.3) is 0 Å². The Morgan fingerprint density at radius 3 is 2.58 bits per heavy atom. The third kappa shape index (κ3) is 3.94. The SMILES string of the molecule is CC(C)NC(=O)CN(C)c1c(F)cccc1C(=O)O. The molecular weight excluding hydrogens is 251 g/mol. The van der Waals surface area contributed by atoms with Crippen molar-refractivity contribution >= 4 is 17.6 Å². The van der Waals surface area contributed by atoms with E-state index in [1.165, 1.54) is 30.1 Å². The molecule has 6 heteroatoms. The zero-order valence-corrected chi connectivity index (χ0v) is 11.1. The van der Waals surface area contributed by atoms with Gasteiger partial charge in [-0.2, -0.15) is 0 Å². The summed E-state index contributed by atoms with van der Waals surface area (Å²) in [5, 5.41) is 11.7. The van der Waals surface area contributed by atoms with Crippen LogP contribution >= 0.6 is 0 Å². The van der Waals surface area contributed by atoms with E-state index < -0.39 is 11.8 Å². The first kappa shape index (κ1) is 14.9. The Bertz CT molecular complexity index is 489. The van der Waals surface area contributed by atoms with Gasteiger partial charge in [0.15, 0.2) is 0 Å². The number of amides is 1. The minimum absolute atomic E-state index is 0.0273. The van der Waals surface area contributed by atoms with Crippen molar-refractivity contribution in [2.75, 3.05) is 18.5 Å². The van der Waals surface area contributed by atoms with Crippen molar-refractivity contribution in [1.29, 1.82) is 0 Å². The van der Waals surface area contributed by atoms with Crippen LogP contribution in [0.15, 0.2) is 18.2 Å². The van der Waals surface area contributed by atoms with Crippen LogP contribution in [0.2, 0.25) is 0 Å². The molecule has 1 amide bonds. The molecule has 0 saturated carbocycles. The van der Waals surface area contributed by atoms with E-state index in [2.05, 4.69) is 5.32 Å². The maximum Gasteiger partial charge on any atom is 0.337 e. The molecule has 104 valence electrons. The van der Waals surface area contributed by atoms with Gasteiger partial charge in [0.25, 0.3) is 0 Å². The predicted molar refractivity (Wildman–Crippen MR) is 69.9 cm³/mol. The zero-order chi connectivity index (χ0) is 14.6. The molecule has 1 aromatic rings. The minimum Gasteiger partial charge on any atom is -0.478 e. The normalized spacial score (nSPS) is 10.4. The minimum atomic E-state index is -1.23. The molecule has 0 atom stereocenters. The van der Waals surface area contributed by atoms with Gasteiger partial charge in [0.05, 0.1) is 17.8 Å². The first-order valence-electron chi connectivity index (χ1n) is 5.85. The number of hydrogen-bond donors (Lipinski definition) is 2. The van der Waals surface area contributed by atoms with Crippen LogP contribution < -0.4 is 10.2 Å². The summed E-state index contributed by atoms with van der Waals surface area (Å²) in [6.45, 7) is 3.51. The highest BCUT2D eigenvalue weighted by Crippen LogP contribution is 2.23. The van der Waals surface area contributed by atoms with Gasteiger partial charge in [-0.25, -0.2) is 9.18 Å². The highest BCUT2D eigenvalue weighted by Gasteiger charge is 2.19. The van der Waals surface area contributed by atoms with Crippen molar-refractivity contribution in [3.8, 4) is 0 Å². The smallest absolute Gasteiger partial charge is 0.337 e. The molecule has 1 aromatic carbocycles. The van der Waals surface area contributed by atoms with E-state index in [1.807, 2.05) is 13.8 Å². The van der Waals surface area contributed by atoms with E-state index in [9.17, 15) is 14.0 Å². The average molecular weight is 268 g/mol. The second-order valence-electron chi connectivity index (χ2n) is 4.52. The van der Waals surface area contributed by atoms with E-state index >= 15 is 0 Å². The largest absolute Gasteiger partial charge is 0.478 e. The van der Waals surface area contributed by atoms with Crippen molar-refractivity contribution in [2.45, 2.75) is 19.9 Å². The van der Waals surface area contributed by atoms with E-state index in [0.29, 0.717) is 0 Å². The Hall–Kier alpha value is -2.11. The van der Waals surface area contributed by atoms with Crippen LogP contribution in [0.5, 0.6) is 0 Å². The molecule has 0 fully saturated rings. The standard InChI is InChI=1S/C13H17FN2O3/c1-8(2)15-11(17)7-16(3)12-9(13(18)19)5-4-6-10(12)14/h4-6,8H,7H2,1-3H3,(H,15,17)(H,18,19). The van der Waals surface area contributed by atoms with Crippen LogP contribution in [-0.4, -0.2) is 36.6 Å². The number of nitrogens with one attached hydrogen (secondary N) is 1. The van der Waals surface area contributed by atoms with Crippen molar-refractivity contribution in [3.63, 3.8) is 0 Å². The van der Waals surface area contributed by atoms with Gasteiger partial charge in [-0.15, -0.1) is 0 Å². The molecule has 2 N–H and O–H groups in total. The molecule has 0 heterocycles. The molecule has 0 bridgehead atoms. The molecule has 19 heavy (non-hydrogen) atoms. The van der Waals surface area contributed by atoms with E-state index in [-0.39, 0.29) is 29.7 Å². The van der Waals surface area contributed by atoms with E-state index in [1.54, 1.807) is 0 Å². The number of halogens is 1. The predicted octanol–water partition coefficient (Wildman–Crippen LogP) is 1.48. The fourth-order valence-corrected chi connectivity index (χ4v) is 1.74. The quantitative estimate of drug-likeness (QED) is 0.848. The summed E-state index contributed by atoms with van der Waals surface area (Å²) in [7, 11) is 1.48. The van der Waals surface area contributed by atoms with Gasteiger partial charge >= 0.3 is 5.97 Å². The monoisotopic (exact) mass is 268 g/mol. The second kappa shape index (κ2) is 6.17. The fourth-order valence-electron chi connectivity index (χ4n) is 1.74. The number of para-hydroxylation sites is 1. The molecule has 0 radical (unpaired) electrons. The number of carboxylic acids is 1. The summed E-state index contributed by atoms with van der Waals surface area (Å²) in [5.41, 5.74) is -0.256. The highest BCUT2D eigenvalue weighted by atomic mass is 19.1. The summed E-state index contributed by atoms with van der Waals surface area (Å²) >= 11 is 0. The Morgan fingerprint density at radius 2 is 2.05 bits per heavy atom. The van der Waals surface area contributed by atoms with Gasteiger partial charge in [-0.3, -0.25) is 4.79 Å². The lowest BCUT2D eigenvalue weighted by Crippen LogP contribution is -2.39. The van der Waals surface area contributed by atoms with Crippen molar-refractivity contribution in [3.05, 3.63) is 29.6 Å². The number of nitrogens with zero attached hydrogens (tertiary/aromatic N) is 1. The summed E-state index contributed by atoms with van der Waals surface area (Å²) in [6.07, 6.45) is 0. The maximum atomic E-state index is 13.7. The lowest BCUT2D eigenvalue weighted by Gasteiger charge is -2.21. The number of rotatable bonds is 5. The van der Waals surface area contributed by atoms with Gasteiger partial charge in [0.2, 0.25) is 5.91 Å². The number of carbonyl (C=O) groups is 2. The zero-order valence-electron chi connectivity index (χ0n) is 11.1. The molecule has 0 saturated heterocycles. The first-order valence-corrected chi connectivity index (χ1v) is 5.85. The van der Waals surface area contributed by atoms with Gasteiger partial charge in [-0.1, -0.05) is 6.07 Å². The average Bonchev–Trinajstić information content (AvgIpc) is 2.26. The molecule has 0 aliphatic carbocycles. The molecule has 0 unspecified atom stereocenters. The number of benzene rings is 1. The van der Waals surface area contributed by atoms with Crippen LogP contribution in [0.3, 0.4) is 0 Å². The topological polar surface area (TPSA) is 69.6 Å². The molecular formula is C13H17FN2O3. The molecule has 0 aliphatic rings. The highest BCUT2D eigenvalue weighted by molar-refractivity contribution is 5.95. The van der Waals surface area contributed by atoms with Crippen LogP contribution in [-0.2, 0) is 4.79 Å². The lowest BCUT2D eigenvalue weighted by atomic mass is 10.1. The lowest BCUT2D eigenvalue weighted by molar-refractivity contribution is -0.120. The number of anilines is 1. The third-order valence-electron chi connectivity index (χ3n) is 2.43. The third-order valence-corrected chi connectivity index (χ3v) is 2.43. The maximum absolute atomic E-state index is 13.7. The number of likely N-dealkylation sites (N-methyl/N-ethyl adjacent to an activating group) is 1. The van der Waals surface area contributed by atoms with Crippen molar-refractivity contribution in [1.82, 2.24) is 5.32 Å². The van der Waals surface area contributed by atoms with Gasteiger partial charge < -0.3 is 15.3 Å². The Labute approximate surface area is 111 Å². The van der Waals surface area contributed by atoms with Crippen LogP contribution in [0, 0.1) is 5.82 Å². The Balaban J connectivity index is 2.96. The Morgan fingerprint density at radius 1 is 1.42 bits per heavy atom. The molecule has 0 aromatic heterocycles. The number of carbonyl (C=O) groups excluding carboxylic acids is 1. The van der Waals surface area contributed by atoms with Gasteiger partial charge in [-0.05, 0) is 26.0 Å². The number of aromatic carboxylic acids is 1. The summed E-state index contributed by atoms with van der Waals surface area (Å²) in [4.78, 5) is 23.9. The fraction of sp³-hybridized carbons (Fsp3) is 0.385. The molecule has 5 nitrogen and oxygen atoms in total.